The van der Waals surface area contributed by atoms with Gasteiger partial charge in [0, 0.05) is 36.3 Å². The maximum absolute atomic E-state index is 4.65. The molecule has 1 fully saturated rings. The Morgan fingerprint density at radius 3 is 3.00 bits per heavy atom. The van der Waals surface area contributed by atoms with Crippen molar-refractivity contribution in [3.8, 4) is 0 Å². The van der Waals surface area contributed by atoms with Crippen LogP contribution in [0.1, 0.15) is 27.2 Å². The highest BCUT2D eigenvalue weighted by Crippen LogP contribution is 2.34. The van der Waals surface area contributed by atoms with E-state index in [0.717, 1.165) is 48.0 Å². The first-order chi connectivity index (χ1) is 9.02. The maximum atomic E-state index is 4.65. The van der Waals surface area contributed by atoms with Crippen LogP contribution >= 0.6 is 27.7 Å². The molecule has 0 aromatic carbocycles. The molecule has 1 N–H and O–H groups in total. The van der Waals surface area contributed by atoms with Crippen LogP contribution in [0.4, 0.5) is 11.8 Å². The molecular formula is C13H21BrN4S. The zero-order valence-electron chi connectivity index (χ0n) is 11.7. The summed E-state index contributed by atoms with van der Waals surface area (Å²) in [6, 6.07) is 0. The summed E-state index contributed by atoms with van der Waals surface area (Å²) in [4.78, 5) is 11.3. The molecule has 2 heterocycles. The fourth-order valence-electron chi connectivity index (χ4n) is 2.10. The predicted molar refractivity (Wildman–Crippen MR) is 87.3 cm³/mol. The van der Waals surface area contributed by atoms with Crippen LogP contribution in [0.5, 0.6) is 0 Å². The number of nitrogens with zero attached hydrogens (tertiary/aromatic N) is 3. The van der Waals surface area contributed by atoms with Gasteiger partial charge in [-0.1, -0.05) is 6.92 Å². The molecule has 0 amide bonds. The second-order valence-electron chi connectivity index (χ2n) is 5.32. The highest BCUT2D eigenvalue weighted by molar-refractivity contribution is 9.10. The second-order valence-corrected chi connectivity index (χ2v) is 7.98. The smallest absolute Gasteiger partial charge is 0.224 e. The molecule has 0 saturated carbocycles. The molecule has 1 aromatic heterocycles. The van der Waals surface area contributed by atoms with Crippen molar-refractivity contribution in [2.45, 2.75) is 31.9 Å². The zero-order chi connectivity index (χ0) is 13.9. The number of rotatable bonds is 4. The van der Waals surface area contributed by atoms with E-state index < -0.39 is 0 Å². The molecule has 1 saturated heterocycles. The van der Waals surface area contributed by atoms with Crippen molar-refractivity contribution in [2.75, 3.05) is 35.6 Å². The average molecular weight is 345 g/mol. The largest absolute Gasteiger partial charge is 0.354 e. The monoisotopic (exact) mass is 344 g/mol. The van der Waals surface area contributed by atoms with Crippen molar-refractivity contribution in [1.29, 1.82) is 0 Å². The van der Waals surface area contributed by atoms with E-state index in [1.165, 1.54) is 0 Å². The number of halogens is 1. The van der Waals surface area contributed by atoms with Crippen LogP contribution < -0.4 is 10.2 Å². The van der Waals surface area contributed by atoms with Crippen LogP contribution in [0.2, 0.25) is 0 Å². The normalized spacial score (nSPS) is 18.4. The highest BCUT2D eigenvalue weighted by atomic mass is 79.9. The molecule has 1 aliphatic rings. The lowest BCUT2D eigenvalue weighted by Gasteiger charge is -2.38. The molecule has 0 unspecified atom stereocenters. The zero-order valence-corrected chi connectivity index (χ0v) is 14.1. The van der Waals surface area contributed by atoms with Crippen LogP contribution in [0, 0.1) is 0 Å². The van der Waals surface area contributed by atoms with E-state index in [1.54, 1.807) is 0 Å². The number of hydrogen-bond donors (Lipinski definition) is 1. The number of nitrogens with one attached hydrogen (secondary N) is 1. The van der Waals surface area contributed by atoms with Crippen molar-refractivity contribution in [2.24, 2.45) is 0 Å². The summed E-state index contributed by atoms with van der Waals surface area (Å²) < 4.78 is 1.25. The van der Waals surface area contributed by atoms with E-state index in [0.29, 0.717) is 0 Å². The van der Waals surface area contributed by atoms with E-state index >= 15 is 0 Å². The Kier molecular flexibility index (Phi) is 4.95. The molecule has 6 heteroatoms. The lowest BCUT2D eigenvalue weighted by Crippen LogP contribution is -2.43. The molecule has 4 nitrogen and oxygen atoms in total. The Morgan fingerprint density at radius 2 is 2.32 bits per heavy atom. The lowest BCUT2D eigenvalue weighted by molar-refractivity contribution is 0.641. The Labute approximate surface area is 127 Å². The van der Waals surface area contributed by atoms with Gasteiger partial charge in [-0.25, -0.2) is 4.98 Å². The first kappa shape index (κ1) is 14.9. The third-order valence-corrected chi connectivity index (χ3v) is 4.84. The molecule has 0 radical (unpaired) electrons. The summed E-state index contributed by atoms with van der Waals surface area (Å²) >= 11 is 5.60. The minimum atomic E-state index is 0.277. The van der Waals surface area contributed by atoms with Crippen molar-refractivity contribution >= 4 is 39.5 Å². The average Bonchev–Trinajstić information content (AvgIpc) is 2.36. The fraction of sp³-hybridized carbons (Fsp3) is 0.692. The lowest BCUT2D eigenvalue weighted by atomic mass is 10.2. The molecule has 19 heavy (non-hydrogen) atoms. The second kappa shape index (κ2) is 6.31. The molecule has 0 bridgehead atoms. The van der Waals surface area contributed by atoms with Crippen LogP contribution in [-0.4, -0.2) is 40.1 Å². The highest BCUT2D eigenvalue weighted by Gasteiger charge is 2.28. The maximum Gasteiger partial charge on any atom is 0.224 e. The third-order valence-electron chi connectivity index (χ3n) is 2.98. The summed E-state index contributed by atoms with van der Waals surface area (Å²) in [7, 11) is 0. The van der Waals surface area contributed by atoms with Crippen molar-refractivity contribution < 1.29 is 0 Å². The topological polar surface area (TPSA) is 41.1 Å². The van der Waals surface area contributed by atoms with Crippen LogP contribution in [0.25, 0.3) is 0 Å². The van der Waals surface area contributed by atoms with Crippen LogP contribution in [0.3, 0.4) is 0 Å². The van der Waals surface area contributed by atoms with E-state index in [-0.39, 0.29) is 4.75 Å². The summed E-state index contributed by atoms with van der Waals surface area (Å²) in [6.45, 7) is 9.67. The summed E-state index contributed by atoms with van der Waals surface area (Å²) in [6.07, 6.45) is 2.91. The van der Waals surface area contributed by atoms with Gasteiger partial charge in [0.25, 0.3) is 0 Å². The molecule has 1 aromatic rings. The van der Waals surface area contributed by atoms with Crippen molar-refractivity contribution in [1.82, 2.24) is 9.97 Å². The Bertz CT molecular complexity index is 439. The molecular weight excluding hydrogens is 324 g/mol. The molecule has 2 rings (SSSR count). The molecule has 0 atom stereocenters. The minimum absolute atomic E-state index is 0.277. The van der Waals surface area contributed by atoms with Crippen LogP contribution in [-0.2, 0) is 0 Å². The van der Waals surface area contributed by atoms with E-state index in [4.69, 9.17) is 0 Å². The van der Waals surface area contributed by atoms with Gasteiger partial charge in [-0.15, -0.1) is 0 Å². The third kappa shape index (κ3) is 3.99. The van der Waals surface area contributed by atoms with Gasteiger partial charge >= 0.3 is 0 Å². The summed E-state index contributed by atoms with van der Waals surface area (Å²) in [5.41, 5.74) is 0. The Morgan fingerprint density at radius 1 is 1.53 bits per heavy atom. The number of anilines is 2. The van der Waals surface area contributed by atoms with E-state index in [9.17, 15) is 0 Å². The quantitative estimate of drug-likeness (QED) is 0.906. The number of thioether (sulfide) groups is 1. The fourth-order valence-corrected chi connectivity index (χ4v) is 3.65. The van der Waals surface area contributed by atoms with Crippen molar-refractivity contribution in [3.05, 3.63) is 10.7 Å². The van der Waals surface area contributed by atoms with Gasteiger partial charge in [-0.2, -0.15) is 16.7 Å². The van der Waals surface area contributed by atoms with Gasteiger partial charge in [0.05, 0.1) is 4.47 Å². The SMILES string of the molecule is CCCNc1ncc(Br)c(N2CCSC(C)(C)C2)n1. The summed E-state index contributed by atoms with van der Waals surface area (Å²) in [5.74, 6) is 2.86. The molecule has 0 spiro atoms. The first-order valence-electron chi connectivity index (χ1n) is 6.67. The van der Waals surface area contributed by atoms with Crippen molar-refractivity contribution in [3.63, 3.8) is 0 Å². The van der Waals surface area contributed by atoms with Gasteiger partial charge in [-0.3, -0.25) is 0 Å². The Hall–Kier alpha value is -0.490. The molecule has 0 aliphatic carbocycles. The Balaban J connectivity index is 2.18. The van der Waals surface area contributed by atoms with Crippen LogP contribution in [0.15, 0.2) is 10.7 Å². The van der Waals surface area contributed by atoms with Gasteiger partial charge in [-0.05, 0) is 36.2 Å². The number of aromatic nitrogens is 2. The minimum Gasteiger partial charge on any atom is -0.354 e. The predicted octanol–water partition coefficient (Wildman–Crippen LogP) is 3.39. The van der Waals surface area contributed by atoms with Gasteiger partial charge in [0.15, 0.2) is 0 Å². The molecule has 106 valence electrons. The first-order valence-corrected chi connectivity index (χ1v) is 8.45. The van der Waals surface area contributed by atoms with E-state index in [2.05, 4.69) is 56.9 Å². The number of hydrogen-bond acceptors (Lipinski definition) is 5. The standard InChI is InChI=1S/C13H21BrN4S/c1-4-5-15-12-16-8-10(14)11(17-12)18-6-7-19-13(2,3)9-18/h8H,4-7,9H2,1-3H3,(H,15,16,17). The van der Waals surface area contributed by atoms with Gasteiger partial charge in [0.2, 0.25) is 5.95 Å². The summed E-state index contributed by atoms with van der Waals surface area (Å²) in [5, 5.41) is 3.25. The van der Waals surface area contributed by atoms with Gasteiger partial charge < -0.3 is 10.2 Å². The van der Waals surface area contributed by atoms with Gasteiger partial charge in [0.1, 0.15) is 5.82 Å². The van der Waals surface area contributed by atoms with E-state index in [1.807, 2.05) is 18.0 Å². The molecule has 1 aliphatic heterocycles.